The molecule has 0 saturated heterocycles. The number of Topliss-reactive ketones (excluding diaryl/α,β-unsaturated/α-hetero) is 1. The van der Waals surface area contributed by atoms with Gasteiger partial charge >= 0.3 is 5.97 Å². The number of benzene rings is 2. The number of aryl methyl sites for hydroxylation is 1. The Morgan fingerprint density at radius 1 is 1.04 bits per heavy atom. The van der Waals surface area contributed by atoms with Crippen LogP contribution in [0.25, 0.3) is 0 Å². The summed E-state index contributed by atoms with van der Waals surface area (Å²) in [7, 11) is 0. The van der Waals surface area contributed by atoms with Gasteiger partial charge in [0, 0.05) is 12.7 Å². The SMILES string of the molecule is CCOc1ccccc1C(=O)C(=CNCCCCc1ccccc1)C(=O)O. The molecule has 0 aliphatic carbocycles. The van der Waals surface area contributed by atoms with Gasteiger partial charge in [0.1, 0.15) is 11.3 Å². The average Bonchev–Trinajstić information content (AvgIpc) is 2.68. The Kier molecular flexibility index (Phi) is 8.10. The number of rotatable bonds is 11. The van der Waals surface area contributed by atoms with E-state index in [9.17, 15) is 14.7 Å². The van der Waals surface area contributed by atoms with E-state index in [2.05, 4.69) is 17.4 Å². The Morgan fingerprint density at radius 3 is 2.44 bits per heavy atom. The number of ether oxygens (including phenoxy) is 1. The van der Waals surface area contributed by atoms with E-state index in [1.807, 2.05) is 25.1 Å². The predicted octanol–water partition coefficient (Wildman–Crippen LogP) is 3.85. The number of carboxylic acids is 1. The normalized spacial score (nSPS) is 11.1. The highest BCUT2D eigenvalue weighted by Crippen LogP contribution is 2.21. The van der Waals surface area contributed by atoms with Crippen LogP contribution in [-0.2, 0) is 11.2 Å². The summed E-state index contributed by atoms with van der Waals surface area (Å²) in [5.74, 6) is -1.44. The molecule has 0 fully saturated rings. The minimum atomic E-state index is -1.26. The number of ketones is 1. The van der Waals surface area contributed by atoms with Gasteiger partial charge in [0.05, 0.1) is 12.2 Å². The van der Waals surface area contributed by atoms with Gasteiger partial charge in [-0.25, -0.2) is 4.79 Å². The summed E-state index contributed by atoms with van der Waals surface area (Å²) in [4.78, 5) is 24.1. The number of carbonyl (C=O) groups excluding carboxylic acids is 1. The van der Waals surface area contributed by atoms with Crippen molar-refractivity contribution in [2.75, 3.05) is 13.2 Å². The fraction of sp³-hybridized carbons (Fsp3) is 0.273. The van der Waals surface area contributed by atoms with Crippen LogP contribution in [0.15, 0.2) is 66.4 Å². The molecule has 5 heteroatoms. The molecule has 0 aromatic heterocycles. The minimum absolute atomic E-state index is 0.249. The first-order valence-electron chi connectivity index (χ1n) is 9.10. The van der Waals surface area contributed by atoms with E-state index in [0.29, 0.717) is 18.9 Å². The summed E-state index contributed by atoms with van der Waals surface area (Å²) in [6, 6.07) is 16.9. The van der Waals surface area contributed by atoms with E-state index in [1.54, 1.807) is 24.3 Å². The van der Waals surface area contributed by atoms with Crippen LogP contribution in [0.2, 0.25) is 0 Å². The second-order valence-corrected chi connectivity index (χ2v) is 6.02. The predicted molar refractivity (Wildman–Crippen MR) is 105 cm³/mol. The van der Waals surface area contributed by atoms with Crippen LogP contribution in [-0.4, -0.2) is 30.0 Å². The van der Waals surface area contributed by atoms with Crippen molar-refractivity contribution in [1.29, 1.82) is 0 Å². The molecule has 0 amide bonds. The van der Waals surface area contributed by atoms with Gasteiger partial charge in [-0.05, 0) is 43.9 Å². The molecule has 0 aliphatic rings. The molecule has 0 heterocycles. The van der Waals surface area contributed by atoms with Gasteiger partial charge in [0.25, 0.3) is 0 Å². The van der Waals surface area contributed by atoms with Crippen molar-refractivity contribution in [1.82, 2.24) is 5.32 Å². The Morgan fingerprint density at radius 2 is 1.74 bits per heavy atom. The van der Waals surface area contributed by atoms with Gasteiger partial charge in [-0.3, -0.25) is 4.79 Å². The van der Waals surface area contributed by atoms with Gasteiger partial charge in [0.2, 0.25) is 5.78 Å². The molecule has 2 rings (SSSR count). The molecule has 0 unspecified atom stereocenters. The van der Waals surface area contributed by atoms with E-state index in [4.69, 9.17) is 4.74 Å². The summed E-state index contributed by atoms with van der Waals surface area (Å²) in [6.45, 7) is 2.81. The minimum Gasteiger partial charge on any atom is -0.493 e. The van der Waals surface area contributed by atoms with Crippen LogP contribution in [0.5, 0.6) is 5.75 Å². The average molecular weight is 367 g/mol. The van der Waals surface area contributed by atoms with Crippen molar-refractivity contribution in [2.24, 2.45) is 0 Å². The zero-order valence-electron chi connectivity index (χ0n) is 15.5. The van der Waals surface area contributed by atoms with E-state index in [-0.39, 0.29) is 11.1 Å². The lowest BCUT2D eigenvalue weighted by Crippen LogP contribution is -2.18. The number of hydrogen-bond donors (Lipinski definition) is 2. The molecule has 2 aromatic carbocycles. The third-order valence-electron chi connectivity index (χ3n) is 4.03. The van der Waals surface area contributed by atoms with Gasteiger partial charge in [-0.2, -0.15) is 0 Å². The number of para-hydroxylation sites is 1. The molecule has 0 spiro atoms. The second-order valence-electron chi connectivity index (χ2n) is 6.02. The molecular weight excluding hydrogens is 342 g/mol. The topological polar surface area (TPSA) is 75.6 Å². The number of unbranched alkanes of at least 4 members (excludes halogenated alkanes) is 1. The summed E-state index contributed by atoms with van der Waals surface area (Å²) >= 11 is 0. The van der Waals surface area contributed by atoms with Crippen LogP contribution >= 0.6 is 0 Å². The fourth-order valence-electron chi connectivity index (χ4n) is 2.68. The Bertz CT molecular complexity index is 784. The van der Waals surface area contributed by atoms with Crippen molar-refractivity contribution >= 4 is 11.8 Å². The third kappa shape index (κ3) is 6.29. The highest BCUT2D eigenvalue weighted by atomic mass is 16.5. The lowest BCUT2D eigenvalue weighted by molar-refractivity contribution is -0.132. The number of nitrogens with one attached hydrogen (secondary N) is 1. The summed E-state index contributed by atoms with van der Waals surface area (Å²) < 4.78 is 5.43. The first-order valence-corrected chi connectivity index (χ1v) is 9.10. The van der Waals surface area contributed by atoms with Crippen LogP contribution in [0.1, 0.15) is 35.7 Å². The van der Waals surface area contributed by atoms with E-state index in [1.165, 1.54) is 11.8 Å². The molecule has 27 heavy (non-hydrogen) atoms. The Hall–Kier alpha value is -3.08. The smallest absolute Gasteiger partial charge is 0.341 e. The number of aliphatic carboxylic acids is 1. The Balaban J connectivity index is 1.92. The Labute approximate surface area is 159 Å². The van der Waals surface area contributed by atoms with E-state index in [0.717, 1.165) is 19.3 Å². The quantitative estimate of drug-likeness (QED) is 0.207. The lowest BCUT2D eigenvalue weighted by atomic mass is 10.0. The van der Waals surface area contributed by atoms with Crippen LogP contribution in [0.4, 0.5) is 0 Å². The molecule has 2 N–H and O–H groups in total. The molecule has 5 nitrogen and oxygen atoms in total. The molecule has 142 valence electrons. The van der Waals surface area contributed by atoms with Gasteiger partial charge < -0.3 is 15.2 Å². The van der Waals surface area contributed by atoms with Crippen molar-refractivity contribution in [3.8, 4) is 5.75 Å². The number of carboxylic acid groups (broad SMARTS) is 1. The van der Waals surface area contributed by atoms with Gasteiger partial charge in [-0.15, -0.1) is 0 Å². The third-order valence-corrected chi connectivity index (χ3v) is 4.03. The van der Waals surface area contributed by atoms with Crippen molar-refractivity contribution < 1.29 is 19.4 Å². The van der Waals surface area contributed by atoms with Gasteiger partial charge in [0.15, 0.2) is 0 Å². The molecule has 0 atom stereocenters. The molecular formula is C22H25NO4. The summed E-state index contributed by atoms with van der Waals surface area (Å²) in [5.41, 5.74) is 1.23. The maximum absolute atomic E-state index is 12.6. The number of hydrogen-bond acceptors (Lipinski definition) is 4. The fourth-order valence-corrected chi connectivity index (χ4v) is 2.68. The van der Waals surface area contributed by atoms with Crippen LogP contribution < -0.4 is 10.1 Å². The standard InChI is InChI=1S/C22H25NO4/c1-2-27-20-14-7-6-13-18(20)21(24)19(22(25)26)16-23-15-9-8-12-17-10-4-3-5-11-17/h3-7,10-11,13-14,16,23H,2,8-9,12,15H2,1H3,(H,25,26). The zero-order valence-corrected chi connectivity index (χ0v) is 15.5. The monoisotopic (exact) mass is 367 g/mol. The molecule has 2 aromatic rings. The van der Waals surface area contributed by atoms with Gasteiger partial charge in [-0.1, -0.05) is 42.5 Å². The van der Waals surface area contributed by atoms with Crippen LogP contribution in [0.3, 0.4) is 0 Å². The first kappa shape index (κ1) is 20.2. The zero-order chi connectivity index (χ0) is 19.5. The molecule has 0 radical (unpaired) electrons. The molecule has 0 aliphatic heterocycles. The van der Waals surface area contributed by atoms with Crippen molar-refractivity contribution in [2.45, 2.75) is 26.2 Å². The maximum Gasteiger partial charge on any atom is 0.341 e. The second kappa shape index (κ2) is 10.8. The summed E-state index contributed by atoms with van der Waals surface area (Å²) in [6.07, 6.45) is 4.12. The van der Waals surface area contributed by atoms with E-state index >= 15 is 0 Å². The van der Waals surface area contributed by atoms with E-state index < -0.39 is 11.8 Å². The highest BCUT2D eigenvalue weighted by Gasteiger charge is 2.22. The largest absolute Gasteiger partial charge is 0.493 e. The summed E-state index contributed by atoms with van der Waals surface area (Å²) in [5, 5.41) is 12.4. The lowest BCUT2D eigenvalue weighted by Gasteiger charge is -2.10. The number of carbonyl (C=O) groups is 2. The maximum atomic E-state index is 12.6. The first-order chi connectivity index (χ1) is 13.1. The van der Waals surface area contributed by atoms with Crippen molar-refractivity contribution in [3.63, 3.8) is 0 Å². The molecule has 0 bridgehead atoms. The molecule has 0 saturated carbocycles. The highest BCUT2D eigenvalue weighted by molar-refractivity contribution is 6.24. The van der Waals surface area contributed by atoms with Crippen LogP contribution in [0, 0.1) is 0 Å². The van der Waals surface area contributed by atoms with Crippen molar-refractivity contribution in [3.05, 3.63) is 77.5 Å².